The summed E-state index contributed by atoms with van der Waals surface area (Å²) in [4.78, 5) is 15.2. The summed E-state index contributed by atoms with van der Waals surface area (Å²) in [5.74, 6) is 6.27. The lowest BCUT2D eigenvalue weighted by Crippen LogP contribution is -2.27. The number of esters is 1. The van der Waals surface area contributed by atoms with Gasteiger partial charge in [-0.3, -0.25) is 4.79 Å². The minimum atomic E-state index is -0.307. The van der Waals surface area contributed by atoms with Crippen LogP contribution in [0.2, 0.25) is 0 Å². The average molecular weight is 708 g/mol. The minimum absolute atomic E-state index is 0.122. The molecule has 3 saturated carbocycles. The Labute approximate surface area is 308 Å². The highest BCUT2D eigenvalue weighted by molar-refractivity contribution is 5.69. The summed E-state index contributed by atoms with van der Waals surface area (Å²) >= 11 is 0. The molecule has 3 rings (SSSR count). The molecule has 294 valence electrons. The number of carbonyl (C=O) groups excluding carboxylic acids is 1. The van der Waals surface area contributed by atoms with Gasteiger partial charge in [-0.1, -0.05) is 65.7 Å². The zero-order chi connectivity index (χ0) is 35.8. The molecule has 0 aromatic carbocycles. The highest BCUT2D eigenvalue weighted by Crippen LogP contribution is 2.53. The number of unbranched alkanes of at least 4 members (excludes halogenated alkanes) is 7. The Morgan fingerprint density at radius 1 is 0.660 bits per heavy atom. The van der Waals surface area contributed by atoms with Gasteiger partial charge in [0.05, 0.1) is 19.6 Å². The second kappa shape index (κ2) is 26.9. The molecule has 1 N–H and O–H groups in total. The van der Waals surface area contributed by atoms with Crippen LogP contribution in [0.1, 0.15) is 162 Å². The Hall–Kier alpha value is -0.730. The molecular weight excluding hydrogens is 626 g/mol. The van der Waals surface area contributed by atoms with E-state index in [0.717, 1.165) is 120 Å². The Balaban J connectivity index is 1.25. The van der Waals surface area contributed by atoms with Crippen molar-refractivity contribution in [3.63, 3.8) is 0 Å². The van der Waals surface area contributed by atoms with Crippen LogP contribution in [0.4, 0.5) is 0 Å². The van der Waals surface area contributed by atoms with Crippen LogP contribution >= 0.6 is 0 Å². The van der Waals surface area contributed by atoms with E-state index in [-0.39, 0.29) is 18.9 Å². The molecule has 0 radical (unpaired) electrons. The molecule has 0 aromatic rings. The van der Waals surface area contributed by atoms with Crippen molar-refractivity contribution in [1.82, 2.24) is 4.90 Å². The van der Waals surface area contributed by atoms with Crippen molar-refractivity contribution in [2.45, 2.75) is 168 Å². The van der Waals surface area contributed by atoms with Crippen LogP contribution in [0, 0.1) is 41.4 Å². The predicted octanol–water partition coefficient (Wildman–Crippen LogP) is 9.83. The summed E-state index contributed by atoms with van der Waals surface area (Å²) in [5, 5.41) is 9.19. The second-order valence-electron chi connectivity index (χ2n) is 16.6. The zero-order valence-corrected chi connectivity index (χ0v) is 33.3. The van der Waals surface area contributed by atoms with Crippen LogP contribution in [0.5, 0.6) is 0 Å². The SMILES string of the molecule is CCC1CC1CCC(C)CCOC(CCC(=O)OCCCCCCN(CCCCO)CCCCCCOC)OCCC1CC1CC1CC1CC. The monoisotopic (exact) mass is 708 g/mol. The maximum Gasteiger partial charge on any atom is 0.305 e. The first kappa shape index (κ1) is 43.7. The average Bonchev–Trinajstić information content (AvgIpc) is 4.04. The van der Waals surface area contributed by atoms with E-state index in [1.165, 1.54) is 77.0 Å². The third-order valence-electron chi connectivity index (χ3n) is 12.3. The van der Waals surface area contributed by atoms with Crippen LogP contribution in [0.3, 0.4) is 0 Å². The highest BCUT2D eigenvalue weighted by atomic mass is 16.7. The quantitative estimate of drug-likeness (QED) is 0.0395. The number of hydrogen-bond acceptors (Lipinski definition) is 7. The van der Waals surface area contributed by atoms with Crippen LogP contribution in [0.25, 0.3) is 0 Å². The molecule has 8 unspecified atom stereocenters. The van der Waals surface area contributed by atoms with E-state index in [0.29, 0.717) is 32.0 Å². The van der Waals surface area contributed by atoms with Gasteiger partial charge in [0.15, 0.2) is 6.29 Å². The lowest BCUT2D eigenvalue weighted by Gasteiger charge is -2.22. The molecule has 0 saturated heterocycles. The Bertz CT molecular complexity index is 834. The summed E-state index contributed by atoms with van der Waals surface area (Å²) in [5.41, 5.74) is 0. The number of hydrogen-bond donors (Lipinski definition) is 1. The molecular formula is C43H81NO6. The van der Waals surface area contributed by atoms with Crippen molar-refractivity contribution >= 4 is 5.97 Å². The molecule has 0 spiro atoms. The Morgan fingerprint density at radius 3 is 1.90 bits per heavy atom. The molecule has 3 aliphatic rings. The fourth-order valence-electron chi connectivity index (χ4n) is 8.22. The molecule has 0 aliphatic heterocycles. The van der Waals surface area contributed by atoms with Gasteiger partial charge in [0, 0.05) is 33.4 Å². The second-order valence-corrected chi connectivity index (χ2v) is 16.6. The van der Waals surface area contributed by atoms with Gasteiger partial charge in [-0.25, -0.2) is 0 Å². The number of methoxy groups -OCH3 is 1. The van der Waals surface area contributed by atoms with E-state index in [1.807, 2.05) is 0 Å². The summed E-state index contributed by atoms with van der Waals surface area (Å²) < 4.78 is 23.4. The van der Waals surface area contributed by atoms with Crippen LogP contribution in [-0.4, -0.2) is 82.0 Å². The van der Waals surface area contributed by atoms with Gasteiger partial charge in [0.25, 0.3) is 0 Å². The lowest BCUT2D eigenvalue weighted by atomic mass is 9.99. The highest BCUT2D eigenvalue weighted by Gasteiger charge is 2.44. The van der Waals surface area contributed by atoms with E-state index >= 15 is 0 Å². The fraction of sp³-hybridized carbons (Fsp3) is 0.977. The van der Waals surface area contributed by atoms with Gasteiger partial charge in [-0.15, -0.1) is 0 Å². The van der Waals surface area contributed by atoms with Crippen molar-refractivity contribution in [2.75, 3.05) is 59.8 Å². The Morgan fingerprint density at radius 2 is 1.24 bits per heavy atom. The number of nitrogens with zero attached hydrogens (tertiary/aromatic N) is 1. The van der Waals surface area contributed by atoms with E-state index < -0.39 is 0 Å². The van der Waals surface area contributed by atoms with Gasteiger partial charge < -0.3 is 29.0 Å². The van der Waals surface area contributed by atoms with Crippen LogP contribution in [0.15, 0.2) is 0 Å². The summed E-state index contributed by atoms with van der Waals surface area (Å²) in [6.07, 6.45) is 25.1. The van der Waals surface area contributed by atoms with Crippen molar-refractivity contribution in [2.24, 2.45) is 41.4 Å². The molecule has 0 aromatic heterocycles. The number of ether oxygens (including phenoxy) is 4. The van der Waals surface area contributed by atoms with E-state index in [2.05, 4.69) is 25.7 Å². The molecule has 0 heterocycles. The fourth-order valence-corrected chi connectivity index (χ4v) is 8.22. The normalized spacial score (nSPS) is 25.2. The predicted molar refractivity (Wildman–Crippen MR) is 205 cm³/mol. The standard InChI is InChI=1S/C43H81NO6/c1-5-36-31-38(36)18-17-35(3)21-29-49-43(50-30-22-39-33-41(39)34-40-32-37(40)6-2)20-19-42(46)48-28-16-10-8-12-24-44(25-13-14-26-45)23-11-7-9-15-27-47-4/h35-41,43,45H,5-34H2,1-4H3. The molecule has 7 nitrogen and oxygen atoms in total. The number of aliphatic hydroxyl groups excluding tert-OH is 1. The summed E-state index contributed by atoms with van der Waals surface area (Å²) in [7, 11) is 1.77. The van der Waals surface area contributed by atoms with E-state index in [4.69, 9.17) is 18.9 Å². The first-order valence-corrected chi connectivity index (χ1v) is 21.7. The summed E-state index contributed by atoms with van der Waals surface area (Å²) in [6.45, 7) is 13.5. The molecule has 0 bridgehead atoms. The van der Waals surface area contributed by atoms with Crippen LogP contribution < -0.4 is 0 Å². The maximum absolute atomic E-state index is 12.7. The van der Waals surface area contributed by atoms with Gasteiger partial charge in [-0.2, -0.15) is 0 Å². The molecule has 3 aliphatic carbocycles. The summed E-state index contributed by atoms with van der Waals surface area (Å²) in [6, 6.07) is 0. The van der Waals surface area contributed by atoms with E-state index in [1.54, 1.807) is 7.11 Å². The Kier molecular flexibility index (Phi) is 23.5. The third kappa shape index (κ3) is 20.5. The van der Waals surface area contributed by atoms with Crippen molar-refractivity contribution < 1.29 is 28.8 Å². The molecule has 0 amide bonds. The van der Waals surface area contributed by atoms with Gasteiger partial charge in [0.2, 0.25) is 0 Å². The molecule has 8 atom stereocenters. The van der Waals surface area contributed by atoms with Gasteiger partial charge in [0.1, 0.15) is 0 Å². The first-order valence-electron chi connectivity index (χ1n) is 21.7. The first-order chi connectivity index (χ1) is 24.5. The number of rotatable bonds is 36. The van der Waals surface area contributed by atoms with Gasteiger partial charge in [-0.05, 0) is 145 Å². The third-order valence-corrected chi connectivity index (χ3v) is 12.3. The number of aliphatic hydroxyl groups is 1. The minimum Gasteiger partial charge on any atom is -0.466 e. The maximum atomic E-state index is 12.7. The van der Waals surface area contributed by atoms with Gasteiger partial charge >= 0.3 is 5.97 Å². The van der Waals surface area contributed by atoms with Crippen molar-refractivity contribution in [1.29, 1.82) is 0 Å². The van der Waals surface area contributed by atoms with Crippen LogP contribution in [-0.2, 0) is 23.7 Å². The molecule has 50 heavy (non-hydrogen) atoms. The lowest BCUT2D eigenvalue weighted by molar-refractivity contribution is -0.160. The smallest absolute Gasteiger partial charge is 0.305 e. The zero-order valence-electron chi connectivity index (χ0n) is 33.3. The largest absolute Gasteiger partial charge is 0.466 e. The van der Waals surface area contributed by atoms with Crippen molar-refractivity contribution in [3.05, 3.63) is 0 Å². The number of carbonyl (C=O) groups is 1. The van der Waals surface area contributed by atoms with Crippen molar-refractivity contribution in [3.8, 4) is 0 Å². The topological polar surface area (TPSA) is 77.5 Å². The van der Waals surface area contributed by atoms with E-state index in [9.17, 15) is 9.90 Å². The molecule has 3 fully saturated rings. The molecule has 7 heteroatoms.